The van der Waals surface area contributed by atoms with Crippen molar-refractivity contribution in [1.82, 2.24) is 4.58 Å². The Balaban J connectivity index is 1.74. The highest BCUT2D eigenvalue weighted by Crippen LogP contribution is 2.26. The molecule has 0 aliphatic carbocycles. The van der Waals surface area contributed by atoms with Crippen molar-refractivity contribution in [2.75, 3.05) is 19.7 Å². The van der Waals surface area contributed by atoms with Crippen LogP contribution in [-0.4, -0.2) is 25.7 Å². The van der Waals surface area contributed by atoms with Crippen LogP contribution in [0.15, 0.2) is 30.3 Å². The van der Waals surface area contributed by atoms with E-state index in [4.69, 9.17) is 16.3 Å². The van der Waals surface area contributed by atoms with E-state index in [1.807, 2.05) is 19.1 Å². The largest absolute Gasteiger partial charge is 0.466 e. The summed E-state index contributed by atoms with van der Waals surface area (Å²) in [5, 5.41) is 0.759. The van der Waals surface area contributed by atoms with E-state index in [9.17, 15) is 4.79 Å². The van der Waals surface area contributed by atoms with Crippen LogP contribution in [0.25, 0.3) is 10.4 Å². The molecule has 122 valence electrons. The Hall–Kier alpha value is -1.17. The number of carbonyl (C=O) groups excluding carboxylic acids is 1. The van der Waals surface area contributed by atoms with E-state index in [-0.39, 0.29) is 11.9 Å². The maximum absolute atomic E-state index is 11.8. The predicted octanol–water partition coefficient (Wildman–Crippen LogP) is 3.88. The molecular formula is C17H19ClNO2S2+. The SMILES string of the molecule is CCOC(=O)C1CC[N+](=c2cc(-c3ccc(Cl)cc3)ss2)CC1. The molecule has 3 nitrogen and oxygen atoms in total. The molecule has 0 atom stereocenters. The summed E-state index contributed by atoms with van der Waals surface area (Å²) in [6, 6.07) is 10.2. The number of esters is 1. The van der Waals surface area contributed by atoms with Gasteiger partial charge in [-0.15, -0.1) is 0 Å². The first-order valence-corrected chi connectivity index (χ1v) is 10.3. The molecule has 2 heterocycles. The standard InChI is InChI=1S/C17H19ClNO2S2/c1-2-21-17(20)13-7-9-19(10-8-13)16-11-15(22-23-16)12-3-5-14(18)6-4-12/h3-6,11,13H,2,7-10H2,1H3/q+1. The fourth-order valence-corrected chi connectivity index (χ4v) is 5.37. The van der Waals surface area contributed by atoms with Crippen LogP contribution in [0.2, 0.25) is 5.02 Å². The number of halogens is 1. The normalized spacial score (nSPS) is 18.0. The molecule has 0 bridgehead atoms. The lowest BCUT2D eigenvalue weighted by atomic mass is 9.98. The quantitative estimate of drug-likeness (QED) is 0.467. The molecule has 23 heavy (non-hydrogen) atoms. The van der Waals surface area contributed by atoms with Crippen LogP contribution in [0.5, 0.6) is 0 Å². The summed E-state index contributed by atoms with van der Waals surface area (Å²) in [7, 11) is 3.58. The fourth-order valence-electron chi connectivity index (χ4n) is 2.73. The van der Waals surface area contributed by atoms with Crippen molar-refractivity contribution in [3.05, 3.63) is 40.0 Å². The molecule has 2 aromatic rings. The lowest BCUT2D eigenvalue weighted by Crippen LogP contribution is -2.38. The van der Waals surface area contributed by atoms with E-state index < -0.39 is 0 Å². The number of benzene rings is 1. The Labute approximate surface area is 148 Å². The number of hydrogen-bond donors (Lipinski definition) is 0. The van der Waals surface area contributed by atoms with Gasteiger partial charge in [-0.3, -0.25) is 4.79 Å². The highest BCUT2D eigenvalue weighted by Gasteiger charge is 2.28. The molecule has 0 unspecified atom stereocenters. The topological polar surface area (TPSA) is 29.3 Å². The summed E-state index contributed by atoms with van der Waals surface area (Å²) < 4.78 is 8.78. The zero-order valence-electron chi connectivity index (χ0n) is 13.0. The zero-order valence-corrected chi connectivity index (χ0v) is 15.3. The van der Waals surface area contributed by atoms with Gasteiger partial charge in [-0.05, 0) is 35.0 Å². The molecule has 1 aliphatic rings. The smallest absolute Gasteiger partial charge is 0.309 e. The van der Waals surface area contributed by atoms with Gasteiger partial charge < -0.3 is 4.74 Å². The van der Waals surface area contributed by atoms with E-state index in [1.54, 1.807) is 20.7 Å². The molecule has 0 spiro atoms. The summed E-state index contributed by atoms with van der Waals surface area (Å²) in [4.78, 5) is 13.1. The molecule has 0 amide bonds. The Morgan fingerprint density at radius 1 is 1.26 bits per heavy atom. The van der Waals surface area contributed by atoms with E-state index in [2.05, 4.69) is 22.8 Å². The number of hydrogen-bond acceptors (Lipinski definition) is 4. The minimum Gasteiger partial charge on any atom is -0.466 e. The van der Waals surface area contributed by atoms with Crippen LogP contribution in [0.4, 0.5) is 0 Å². The van der Waals surface area contributed by atoms with Gasteiger partial charge in [0.15, 0.2) is 0 Å². The maximum atomic E-state index is 11.8. The first-order valence-electron chi connectivity index (χ1n) is 7.78. The van der Waals surface area contributed by atoms with Crippen LogP contribution in [0.3, 0.4) is 0 Å². The number of nitrogens with zero attached hydrogens (tertiary/aromatic N) is 1. The Morgan fingerprint density at radius 2 is 1.96 bits per heavy atom. The third-order valence-corrected chi connectivity index (χ3v) is 6.74. The van der Waals surface area contributed by atoms with E-state index in [0.717, 1.165) is 31.0 Å². The van der Waals surface area contributed by atoms with E-state index >= 15 is 0 Å². The minimum atomic E-state index is -0.0389. The van der Waals surface area contributed by atoms with Crippen LogP contribution in [0, 0.1) is 5.92 Å². The van der Waals surface area contributed by atoms with Gasteiger partial charge in [-0.25, -0.2) is 4.58 Å². The Morgan fingerprint density at radius 3 is 2.61 bits per heavy atom. The average Bonchev–Trinajstić information content (AvgIpc) is 3.06. The second-order valence-electron chi connectivity index (χ2n) is 5.53. The van der Waals surface area contributed by atoms with Crippen molar-refractivity contribution < 1.29 is 9.53 Å². The van der Waals surface area contributed by atoms with Gasteiger partial charge in [0.25, 0.3) is 4.67 Å². The molecule has 1 fully saturated rings. The van der Waals surface area contributed by atoms with Crippen molar-refractivity contribution in [2.45, 2.75) is 19.8 Å². The Bertz CT molecular complexity index is 738. The lowest BCUT2D eigenvalue weighted by molar-refractivity contribution is -0.148. The number of ether oxygens (including phenoxy) is 1. The van der Waals surface area contributed by atoms with Gasteiger partial charge in [-0.1, -0.05) is 34.1 Å². The first kappa shape index (κ1) is 16.7. The zero-order chi connectivity index (χ0) is 16.2. The molecule has 1 saturated heterocycles. The molecule has 6 heteroatoms. The summed E-state index contributed by atoms with van der Waals surface area (Å²) in [5.41, 5.74) is 1.20. The van der Waals surface area contributed by atoms with Gasteiger partial charge >= 0.3 is 5.97 Å². The number of rotatable bonds is 3. The summed E-state index contributed by atoms with van der Waals surface area (Å²) in [6.07, 6.45) is 1.75. The third kappa shape index (κ3) is 4.03. The maximum Gasteiger partial charge on any atom is 0.309 e. The third-order valence-electron chi connectivity index (χ3n) is 4.03. The predicted molar refractivity (Wildman–Crippen MR) is 97.0 cm³/mol. The van der Waals surface area contributed by atoms with Gasteiger partial charge in [0.1, 0.15) is 13.1 Å². The molecule has 1 aromatic carbocycles. The van der Waals surface area contributed by atoms with Crippen LogP contribution in [-0.2, 0) is 9.53 Å². The van der Waals surface area contributed by atoms with Crippen LogP contribution in [0.1, 0.15) is 19.8 Å². The van der Waals surface area contributed by atoms with Crippen molar-refractivity contribution in [2.24, 2.45) is 5.92 Å². The van der Waals surface area contributed by atoms with Gasteiger partial charge in [0, 0.05) is 23.9 Å². The van der Waals surface area contributed by atoms with Crippen LogP contribution < -0.4 is 9.25 Å². The summed E-state index contributed by atoms with van der Waals surface area (Å²) in [5.74, 6) is 0.0218. The highest BCUT2D eigenvalue weighted by molar-refractivity contribution is 7.69. The Kier molecular flexibility index (Phi) is 5.51. The number of piperidine rings is 1. The lowest BCUT2D eigenvalue weighted by Gasteiger charge is -2.18. The second kappa shape index (κ2) is 7.60. The second-order valence-corrected chi connectivity index (χ2v) is 8.16. The van der Waals surface area contributed by atoms with Gasteiger partial charge in [-0.2, -0.15) is 0 Å². The van der Waals surface area contributed by atoms with Gasteiger partial charge in [0.05, 0.1) is 17.4 Å². The summed E-state index contributed by atoms with van der Waals surface area (Å²) in [6.45, 7) is 4.15. The fraction of sp³-hybridized carbons (Fsp3) is 0.412. The molecule has 1 aliphatic heterocycles. The molecule has 0 saturated carbocycles. The monoisotopic (exact) mass is 368 g/mol. The average molecular weight is 369 g/mol. The van der Waals surface area contributed by atoms with Crippen LogP contribution >= 0.6 is 32.3 Å². The first-order chi connectivity index (χ1) is 11.2. The molecule has 0 radical (unpaired) electrons. The minimum absolute atomic E-state index is 0.0389. The van der Waals surface area contributed by atoms with Crippen molar-refractivity contribution >= 4 is 38.3 Å². The molecular weight excluding hydrogens is 350 g/mol. The van der Waals surface area contributed by atoms with Crippen molar-refractivity contribution in [1.29, 1.82) is 0 Å². The van der Waals surface area contributed by atoms with E-state index in [0.29, 0.717) is 6.61 Å². The van der Waals surface area contributed by atoms with Crippen molar-refractivity contribution in [3.63, 3.8) is 0 Å². The molecule has 1 aromatic heterocycles. The number of carbonyl (C=O) groups is 1. The highest BCUT2D eigenvalue weighted by atomic mass is 35.5. The van der Waals surface area contributed by atoms with Crippen molar-refractivity contribution in [3.8, 4) is 10.4 Å². The molecule has 0 N–H and O–H groups in total. The van der Waals surface area contributed by atoms with E-state index in [1.165, 1.54) is 15.1 Å². The molecule has 3 rings (SSSR count). The van der Waals surface area contributed by atoms with Gasteiger partial charge in [0.2, 0.25) is 0 Å². The summed E-state index contributed by atoms with van der Waals surface area (Å²) >= 11 is 5.95.